The van der Waals surface area contributed by atoms with Crippen LogP contribution >= 0.6 is 23.2 Å². The average Bonchev–Trinajstić information content (AvgIpc) is 3.39. The predicted octanol–water partition coefficient (Wildman–Crippen LogP) is 6.30. The van der Waals surface area contributed by atoms with Crippen LogP contribution in [0.1, 0.15) is 98.7 Å². The number of allylic oxidation sites excluding steroid dienone is 4. The molecule has 3 heterocycles. The number of aromatic nitrogens is 2. The van der Waals surface area contributed by atoms with Crippen LogP contribution in [0.3, 0.4) is 0 Å². The summed E-state index contributed by atoms with van der Waals surface area (Å²) in [5.41, 5.74) is 5.03. The van der Waals surface area contributed by atoms with Gasteiger partial charge in [-0.2, -0.15) is 5.10 Å². The molecular weight excluding hydrogens is 573 g/mol. The number of alkyl halides is 1. The van der Waals surface area contributed by atoms with Gasteiger partial charge in [-0.15, -0.1) is 11.6 Å². The van der Waals surface area contributed by atoms with Gasteiger partial charge in [-0.05, 0) is 75.3 Å². The Bertz CT molecular complexity index is 1450. The Morgan fingerprint density at radius 2 is 1.88 bits per heavy atom. The number of carbonyl (C=O) groups is 2. The van der Waals surface area contributed by atoms with Crippen LogP contribution in [0, 0.1) is 6.92 Å². The Morgan fingerprint density at radius 3 is 2.50 bits per heavy atom. The van der Waals surface area contributed by atoms with Crippen LogP contribution in [0.25, 0.3) is 0 Å². The van der Waals surface area contributed by atoms with Gasteiger partial charge in [0.15, 0.2) is 5.69 Å². The molecule has 10 heteroatoms. The number of benzene rings is 1. The molecule has 42 heavy (non-hydrogen) atoms. The molecule has 1 aromatic heterocycles. The highest BCUT2D eigenvalue weighted by Crippen LogP contribution is 2.47. The van der Waals surface area contributed by atoms with E-state index in [0.717, 1.165) is 33.7 Å². The first-order valence-electron chi connectivity index (χ1n) is 14.8. The van der Waals surface area contributed by atoms with E-state index >= 15 is 0 Å². The zero-order valence-corrected chi connectivity index (χ0v) is 26.8. The molecule has 3 aliphatic rings. The molecule has 0 radical (unpaired) electrons. The van der Waals surface area contributed by atoms with Crippen LogP contribution in [0.15, 0.2) is 41.6 Å². The van der Waals surface area contributed by atoms with Crippen molar-refractivity contribution >= 4 is 35.1 Å². The van der Waals surface area contributed by atoms with Crippen LogP contribution in [-0.4, -0.2) is 66.7 Å². The van der Waals surface area contributed by atoms with Gasteiger partial charge in [0.25, 0.3) is 5.91 Å². The number of aliphatic hydroxyl groups is 1. The molecule has 0 spiro atoms. The smallest absolute Gasteiger partial charge is 0.317 e. The van der Waals surface area contributed by atoms with E-state index in [1.807, 2.05) is 67.6 Å². The lowest BCUT2D eigenvalue weighted by Crippen LogP contribution is -2.52. The Kier molecular flexibility index (Phi) is 8.54. The van der Waals surface area contributed by atoms with E-state index in [0.29, 0.717) is 43.1 Å². The third-order valence-electron chi connectivity index (χ3n) is 8.58. The molecule has 1 aliphatic carbocycles. The average molecular weight is 615 g/mol. The maximum Gasteiger partial charge on any atom is 0.317 e. The van der Waals surface area contributed by atoms with Crippen molar-refractivity contribution < 1.29 is 14.7 Å². The van der Waals surface area contributed by atoms with Gasteiger partial charge in [-0.3, -0.25) is 14.4 Å². The second kappa shape index (κ2) is 11.7. The number of halogens is 2. The zero-order chi connectivity index (χ0) is 30.5. The summed E-state index contributed by atoms with van der Waals surface area (Å²) in [4.78, 5) is 30.4. The highest BCUT2D eigenvalue weighted by Gasteiger charge is 2.47. The van der Waals surface area contributed by atoms with E-state index in [9.17, 15) is 14.7 Å². The molecule has 2 N–H and O–H groups in total. The van der Waals surface area contributed by atoms with Crippen molar-refractivity contribution in [2.45, 2.75) is 96.3 Å². The van der Waals surface area contributed by atoms with Crippen molar-refractivity contribution in [3.8, 4) is 0 Å². The molecule has 8 nitrogen and oxygen atoms in total. The molecule has 2 aliphatic heterocycles. The van der Waals surface area contributed by atoms with Gasteiger partial charge in [0.1, 0.15) is 0 Å². The molecule has 226 valence electrons. The standard InChI is InChI=1S/C32H41Cl2N5O3/c1-18(2)28-26-27(36-38(28)17-32(42)11-13-37(14-12-32)31(41)35-19(3)4)30(40)39(25-16-23(34)8-7-20(25)5)29(26)24-10-9-22(33)15-21(24)6/h7-10,15,18-19,23,29,42H,11-14,16-17H2,1-6H3,(H,35,41). The molecule has 3 amide bonds. The first-order valence-corrected chi connectivity index (χ1v) is 15.6. The summed E-state index contributed by atoms with van der Waals surface area (Å²) in [7, 11) is 0. The molecule has 0 bridgehead atoms. The SMILES string of the molecule is CC1=C(N2C(=O)c3nn(CC4(O)CCN(C(=O)NC(C)C)CC4)c(C(C)C)c3C2c2ccc(Cl)cc2C)CC(Cl)C=C1. The molecule has 2 aromatic rings. The molecule has 5 rings (SSSR count). The van der Waals surface area contributed by atoms with Crippen molar-refractivity contribution in [1.82, 2.24) is 24.9 Å². The highest BCUT2D eigenvalue weighted by molar-refractivity contribution is 6.30. The van der Waals surface area contributed by atoms with Crippen LogP contribution in [0.2, 0.25) is 5.02 Å². The Labute approximate surface area is 258 Å². The van der Waals surface area contributed by atoms with Crippen LogP contribution in [0.5, 0.6) is 0 Å². The fourth-order valence-electron chi connectivity index (χ4n) is 6.47. The van der Waals surface area contributed by atoms with Crippen LogP contribution < -0.4 is 5.32 Å². The summed E-state index contributed by atoms with van der Waals surface area (Å²) in [5.74, 6) is -0.127. The summed E-state index contributed by atoms with van der Waals surface area (Å²) in [6.45, 7) is 13.2. The largest absolute Gasteiger partial charge is 0.388 e. The summed E-state index contributed by atoms with van der Waals surface area (Å²) < 4.78 is 1.85. The van der Waals surface area contributed by atoms with E-state index < -0.39 is 11.6 Å². The van der Waals surface area contributed by atoms with Gasteiger partial charge >= 0.3 is 6.03 Å². The van der Waals surface area contributed by atoms with Gasteiger partial charge in [0, 0.05) is 47.5 Å². The number of piperidine rings is 1. The van der Waals surface area contributed by atoms with Crippen molar-refractivity contribution in [3.05, 3.63) is 74.7 Å². The van der Waals surface area contributed by atoms with Crippen molar-refractivity contribution in [3.63, 3.8) is 0 Å². The number of hydrogen-bond donors (Lipinski definition) is 2. The molecular formula is C32H41Cl2N5O3. The minimum absolute atomic E-state index is 0.0340. The summed E-state index contributed by atoms with van der Waals surface area (Å²) in [6.07, 6.45) is 5.34. The van der Waals surface area contributed by atoms with E-state index in [4.69, 9.17) is 28.3 Å². The molecule has 2 atom stereocenters. The topological polar surface area (TPSA) is 90.7 Å². The molecule has 0 saturated carbocycles. The summed E-state index contributed by atoms with van der Waals surface area (Å²) in [6, 6.07) is 5.33. The number of amides is 3. The second-order valence-electron chi connectivity index (χ2n) is 12.6. The van der Waals surface area contributed by atoms with Gasteiger partial charge < -0.3 is 15.3 Å². The lowest BCUT2D eigenvalue weighted by atomic mass is 9.89. The van der Waals surface area contributed by atoms with E-state index in [1.165, 1.54) is 0 Å². The number of hydrogen-bond acceptors (Lipinski definition) is 4. The number of carbonyl (C=O) groups excluding carboxylic acids is 2. The van der Waals surface area contributed by atoms with Crippen molar-refractivity contribution in [1.29, 1.82) is 0 Å². The zero-order valence-electron chi connectivity index (χ0n) is 25.2. The Morgan fingerprint density at radius 1 is 1.19 bits per heavy atom. The molecule has 1 saturated heterocycles. The minimum Gasteiger partial charge on any atom is -0.388 e. The quantitative estimate of drug-likeness (QED) is 0.374. The minimum atomic E-state index is -1.05. The van der Waals surface area contributed by atoms with Crippen molar-refractivity contribution in [2.24, 2.45) is 0 Å². The number of aryl methyl sites for hydroxylation is 1. The second-order valence-corrected chi connectivity index (χ2v) is 13.6. The number of likely N-dealkylation sites (tertiary alicyclic amines) is 1. The maximum atomic E-state index is 14.3. The summed E-state index contributed by atoms with van der Waals surface area (Å²) in [5, 5.41) is 20.0. The lowest BCUT2D eigenvalue weighted by molar-refractivity contribution is -0.0291. The van der Waals surface area contributed by atoms with E-state index in [-0.39, 0.29) is 35.8 Å². The molecule has 1 fully saturated rings. The number of fused-ring (bicyclic) bond motifs is 1. The first-order chi connectivity index (χ1) is 19.8. The van der Waals surface area contributed by atoms with Gasteiger partial charge in [0.05, 0.1) is 23.6 Å². The van der Waals surface area contributed by atoms with Crippen LogP contribution in [-0.2, 0) is 6.54 Å². The van der Waals surface area contributed by atoms with E-state index in [2.05, 4.69) is 19.2 Å². The fraction of sp³-hybridized carbons (Fsp3) is 0.531. The fourth-order valence-corrected chi connectivity index (χ4v) is 6.92. The lowest BCUT2D eigenvalue weighted by Gasteiger charge is -2.39. The predicted molar refractivity (Wildman–Crippen MR) is 166 cm³/mol. The molecule has 2 unspecified atom stereocenters. The van der Waals surface area contributed by atoms with E-state index in [1.54, 1.807) is 4.90 Å². The van der Waals surface area contributed by atoms with Crippen LogP contribution in [0.4, 0.5) is 4.79 Å². The number of nitrogens with zero attached hydrogens (tertiary/aromatic N) is 4. The Balaban J connectivity index is 1.55. The number of rotatable bonds is 6. The third kappa shape index (κ3) is 5.73. The van der Waals surface area contributed by atoms with Gasteiger partial charge in [-0.25, -0.2) is 4.79 Å². The Hall–Kier alpha value is -2.81. The summed E-state index contributed by atoms with van der Waals surface area (Å²) >= 11 is 12.9. The first kappa shape index (κ1) is 30.6. The third-order valence-corrected chi connectivity index (χ3v) is 9.12. The number of urea groups is 1. The van der Waals surface area contributed by atoms with Gasteiger partial charge in [-0.1, -0.05) is 43.7 Å². The van der Waals surface area contributed by atoms with Gasteiger partial charge in [0.2, 0.25) is 0 Å². The van der Waals surface area contributed by atoms with Crippen molar-refractivity contribution in [2.75, 3.05) is 13.1 Å². The normalized spacial score (nSPS) is 22.0. The highest BCUT2D eigenvalue weighted by atomic mass is 35.5. The molecule has 1 aromatic carbocycles. The number of nitrogens with one attached hydrogen (secondary N) is 1. The monoisotopic (exact) mass is 613 g/mol. The maximum absolute atomic E-state index is 14.3.